The lowest BCUT2D eigenvalue weighted by Crippen LogP contribution is -2.56. The van der Waals surface area contributed by atoms with E-state index >= 15 is 0 Å². The summed E-state index contributed by atoms with van der Waals surface area (Å²) in [5.41, 5.74) is 7.52. The molecule has 2 aliphatic heterocycles. The SMILES string of the molecule is CCNC(=O)N1CCN(C(=O)C2CC(c3ccccc3)NN2)CC1. The van der Waals surface area contributed by atoms with E-state index in [1.165, 1.54) is 5.56 Å². The van der Waals surface area contributed by atoms with Crippen LogP contribution in [0.2, 0.25) is 0 Å². The number of nitrogens with one attached hydrogen (secondary N) is 3. The predicted octanol–water partition coefficient (Wildman–Crippen LogP) is 0.468. The van der Waals surface area contributed by atoms with Gasteiger partial charge < -0.3 is 15.1 Å². The Bertz CT molecular complexity index is 572. The topological polar surface area (TPSA) is 76.7 Å². The molecule has 2 saturated heterocycles. The van der Waals surface area contributed by atoms with Gasteiger partial charge in [-0.25, -0.2) is 15.6 Å². The molecule has 2 aliphatic rings. The lowest BCUT2D eigenvalue weighted by atomic mass is 10.0. The molecule has 0 aliphatic carbocycles. The second-order valence-corrected chi connectivity index (χ2v) is 6.19. The minimum Gasteiger partial charge on any atom is -0.338 e. The van der Waals surface area contributed by atoms with Crippen LogP contribution in [0.4, 0.5) is 4.79 Å². The number of carbonyl (C=O) groups is 2. The molecule has 24 heavy (non-hydrogen) atoms. The van der Waals surface area contributed by atoms with Crippen LogP contribution in [0.1, 0.15) is 24.9 Å². The van der Waals surface area contributed by atoms with E-state index in [1.807, 2.05) is 30.0 Å². The van der Waals surface area contributed by atoms with Crippen LogP contribution in [0.5, 0.6) is 0 Å². The molecule has 0 radical (unpaired) electrons. The normalized spacial score (nSPS) is 24.0. The molecule has 7 nitrogen and oxygen atoms in total. The summed E-state index contributed by atoms with van der Waals surface area (Å²) < 4.78 is 0. The highest BCUT2D eigenvalue weighted by atomic mass is 16.2. The number of nitrogens with zero attached hydrogens (tertiary/aromatic N) is 2. The number of piperazine rings is 1. The van der Waals surface area contributed by atoms with E-state index in [0.717, 1.165) is 6.42 Å². The van der Waals surface area contributed by atoms with Crippen molar-refractivity contribution in [3.8, 4) is 0 Å². The average Bonchev–Trinajstić information content (AvgIpc) is 3.12. The van der Waals surface area contributed by atoms with Crippen molar-refractivity contribution in [3.05, 3.63) is 35.9 Å². The Morgan fingerprint density at radius 3 is 2.42 bits per heavy atom. The molecule has 1 aromatic rings. The van der Waals surface area contributed by atoms with Gasteiger partial charge in [-0.05, 0) is 18.9 Å². The largest absolute Gasteiger partial charge is 0.338 e. The van der Waals surface area contributed by atoms with Crippen molar-refractivity contribution < 1.29 is 9.59 Å². The Kier molecular flexibility index (Phi) is 5.32. The van der Waals surface area contributed by atoms with Gasteiger partial charge in [0.15, 0.2) is 0 Å². The Morgan fingerprint density at radius 1 is 1.08 bits per heavy atom. The molecule has 3 N–H and O–H groups in total. The molecule has 2 atom stereocenters. The first-order valence-electron chi connectivity index (χ1n) is 8.56. The van der Waals surface area contributed by atoms with Gasteiger partial charge in [0.1, 0.15) is 6.04 Å². The Morgan fingerprint density at radius 2 is 1.75 bits per heavy atom. The molecule has 0 aromatic heterocycles. The van der Waals surface area contributed by atoms with Crippen LogP contribution >= 0.6 is 0 Å². The van der Waals surface area contributed by atoms with E-state index in [1.54, 1.807) is 4.90 Å². The van der Waals surface area contributed by atoms with Gasteiger partial charge in [-0.1, -0.05) is 30.3 Å². The van der Waals surface area contributed by atoms with Crippen molar-refractivity contribution >= 4 is 11.9 Å². The summed E-state index contributed by atoms with van der Waals surface area (Å²) in [4.78, 5) is 28.1. The first-order chi connectivity index (χ1) is 11.7. The lowest BCUT2D eigenvalue weighted by Gasteiger charge is -2.35. The number of urea groups is 1. The van der Waals surface area contributed by atoms with Crippen molar-refractivity contribution in [1.29, 1.82) is 0 Å². The van der Waals surface area contributed by atoms with E-state index in [4.69, 9.17) is 0 Å². The maximum atomic E-state index is 12.7. The van der Waals surface area contributed by atoms with E-state index in [2.05, 4.69) is 28.3 Å². The molecule has 7 heteroatoms. The number of hydrazine groups is 1. The fraction of sp³-hybridized carbons (Fsp3) is 0.529. The standard InChI is InChI=1S/C17H25N5O2/c1-2-18-17(24)22-10-8-21(9-11-22)16(23)15-12-14(19-20-15)13-6-4-3-5-7-13/h3-7,14-15,19-20H,2,8-12H2,1H3,(H,18,24). The number of rotatable bonds is 3. The van der Waals surface area contributed by atoms with E-state index in [0.29, 0.717) is 32.7 Å². The van der Waals surface area contributed by atoms with Crippen LogP contribution < -0.4 is 16.2 Å². The van der Waals surface area contributed by atoms with Gasteiger partial charge in [0, 0.05) is 38.8 Å². The molecule has 3 amide bonds. The van der Waals surface area contributed by atoms with Crippen LogP contribution in [-0.4, -0.2) is 60.5 Å². The van der Waals surface area contributed by atoms with Gasteiger partial charge in [-0.2, -0.15) is 0 Å². The third-order valence-electron chi connectivity index (χ3n) is 4.61. The smallest absolute Gasteiger partial charge is 0.317 e. The summed E-state index contributed by atoms with van der Waals surface area (Å²) in [5, 5.41) is 2.80. The summed E-state index contributed by atoms with van der Waals surface area (Å²) in [6, 6.07) is 10.0. The molecular formula is C17H25N5O2. The molecule has 0 spiro atoms. The van der Waals surface area contributed by atoms with Gasteiger partial charge in [-0.15, -0.1) is 0 Å². The number of hydrogen-bond donors (Lipinski definition) is 3. The van der Waals surface area contributed by atoms with Crippen LogP contribution in [0, 0.1) is 0 Å². The Hall–Kier alpha value is -2.12. The van der Waals surface area contributed by atoms with E-state index in [9.17, 15) is 9.59 Å². The summed E-state index contributed by atoms with van der Waals surface area (Å²) >= 11 is 0. The first-order valence-corrected chi connectivity index (χ1v) is 8.56. The van der Waals surface area contributed by atoms with Gasteiger partial charge >= 0.3 is 6.03 Å². The third-order valence-corrected chi connectivity index (χ3v) is 4.61. The van der Waals surface area contributed by atoms with Crippen molar-refractivity contribution in [3.63, 3.8) is 0 Å². The van der Waals surface area contributed by atoms with Crippen molar-refractivity contribution in [2.75, 3.05) is 32.7 Å². The third kappa shape index (κ3) is 3.68. The molecule has 0 saturated carbocycles. The summed E-state index contributed by atoms with van der Waals surface area (Å²) in [6.07, 6.45) is 0.735. The monoisotopic (exact) mass is 331 g/mol. The Balaban J connectivity index is 1.50. The van der Waals surface area contributed by atoms with Crippen LogP contribution in [0.15, 0.2) is 30.3 Å². The molecule has 0 bridgehead atoms. The number of carbonyl (C=O) groups excluding carboxylic acids is 2. The van der Waals surface area contributed by atoms with Crippen LogP contribution in [-0.2, 0) is 4.79 Å². The molecule has 2 unspecified atom stereocenters. The lowest BCUT2D eigenvalue weighted by molar-refractivity contribution is -0.134. The minimum atomic E-state index is -0.216. The van der Waals surface area contributed by atoms with Gasteiger partial charge in [0.25, 0.3) is 0 Å². The summed E-state index contributed by atoms with van der Waals surface area (Å²) in [7, 11) is 0. The van der Waals surface area contributed by atoms with Crippen molar-refractivity contribution in [1.82, 2.24) is 26.0 Å². The number of benzene rings is 1. The molecule has 130 valence electrons. The van der Waals surface area contributed by atoms with Crippen molar-refractivity contribution in [2.45, 2.75) is 25.4 Å². The molecule has 2 fully saturated rings. The first kappa shape index (κ1) is 16.7. The molecular weight excluding hydrogens is 306 g/mol. The highest BCUT2D eigenvalue weighted by Gasteiger charge is 2.34. The second kappa shape index (κ2) is 7.63. The van der Waals surface area contributed by atoms with Crippen molar-refractivity contribution in [2.24, 2.45) is 0 Å². The van der Waals surface area contributed by atoms with E-state index < -0.39 is 0 Å². The summed E-state index contributed by atoms with van der Waals surface area (Å²) in [6.45, 7) is 4.87. The fourth-order valence-electron chi connectivity index (χ4n) is 3.24. The number of amides is 3. The molecule has 3 rings (SSSR count). The van der Waals surface area contributed by atoms with Gasteiger partial charge in [0.2, 0.25) is 5.91 Å². The van der Waals surface area contributed by atoms with Crippen LogP contribution in [0.25, 0.3) is 0 Å². The Labute approximate surface area is 142 Å². The zero-order valence-corrected chi connectivity index (χ0v) is 14.0. The summed E-state index contributed by atoms with van der Waals surface area (Å²) in [5.74, 6) is 0.108. The maximum Gasteiger partial charge on any atom is 0.317 e. The van der Waals surface area contributed by atoms with Crippen LogP contribution in [0.3, 0.4) is 0 Å². The van der Waals surface area contributed by atoms with Gasteiger partial charge in [0.05, 0.1) is 0 Å². The number of hydrogen-bond acceptors (Lipinski definition) is 4. The zero-order valence-electron chi connectivity index (χ0n) is 14.0. The quantitative estimate of drug-likeness (QED) is 0.752. The van der Waals surface area contributed by atoms with Gasteiger partial charge in [-0.3, -0.25) is 4.79 Å². The average molecular weight is 331 g/mol. The molecule has 1 aromatic carbocycles. The maximum absolute atomic E-state index is 12.7. The fourth-order valence-corrected chi connectivity index (χ4v) is 3.24. The minimum absolute atomic E-state index is 0.0469. The highest BCUT2D eigenvalue weighted by Crippen LogP contribution is 2.23. The van der Waals surface area contributed by atoms with E-state index in [-0.39, 0.29) is 24.0 Å². The highest BCUT2D eigenvalue weighted by molar-refractivity contribution is 5.82. The molecule has 2 heterocycles. The zero-order chi connectivity index (χ0) is 16.9. The second-order valence-electron chi connectivity index (χ2n) is 6.19. The predicted molar refractivity (Wildman–Crippen MR) is 91.1 cm³/mol.